The number of hydrogen-bond acceptors (Lipinski definition) is 17. The number of amides is 2. The van der Waals surface area contributed by atoms with Crippen LogP contribution in [0.25, 0.3) is 10.9 Å². The molecule has 7 aliphatic rings. The number of phenolic OH excluding ortho intramolecular Hbond substituents is 1. The van der Waals surface area contributed by atoms with Gasteiger partial charge in [-0.2, -0.15) is 0 Å². The van der Waals surface area contributed by atoms with Crippen molar-refractivity contribution in [2.45, 2.75) is 97.6 Å². The van der Waals surface area contributed by atoms with Crippen LogP contribution in [0.1, 0.15) is 107 Å². The van der Waals surface area contributed by atoms with Gasteiger partial charge in [0.2, 0.25) is 17.0 Å². The number of ether oxygens (including phenoxy) is 5. The van der Waals surface area contributed by atoms with Crippen LogP contribution in [0.5, 0.6) is 11.5 Å². The molecule has 2 aromatic carbocycles. The van der Waals surface area contributed by atoms with Gasteiger partial charge >= 0.3 is 17.8 Å². The Balaban J connectivity index is 1.02. The number of aromatic carboxylic acids is 1. The quantitative estimate of drug-likeness (QED) is 0.213. The van der Waals surface area contributed by atoms with Crippen molar-refractivity contribution < 1.29 is 77.3 Å². The predicted octanol–water partition coefficient (Wildman–Crippen LogP) is 5.17. The van der Waals surface area contributed by atoms with Gasteiger partial charge in [0.05, 0.1) is 65.7 Å². The minimum absolute atomic E-state index is 0.0350. The number of aromatic nitrogens is 1. The zero-order valence-electron chi connectivity index (χ0n) is 45.2. The Morgan fingerprint density at radius 2 is 1.53 bits per heavy atom. The van der Waals surface area contributed by atoms with Crippen molar-refractivity contribution in [2.24, 2.45) is 23.7 Å². The van der Waals surface area contributed by atoms with Crippen molar-refractivity contribution >= 4 is 51.9 Å². The number of aliphatic hydroxyl groups excluding tert-OH is 2. The lowest BCUT2D eigenvalue weighted by Crippen LogP contribution is -2.52. The highest BCUT2D eigenvalue weighted by Gasteiger charge is 2.53. The molecule has 0 spiro atoms. The Morgan fingerprint density at radius 1 is 0.848 bits per heavy atom. The molecule has 5 N–H and O–H groups in total. The number of carbonyl (C=O) groups is 6. The van der Waals surface area contributed by atoms with Gasteiger partial charge in [0.1, 0.15) is 40.4 Å². The molecule has 5 aliphatic heterocycles. The Kier molecular flexibility index (Phi) is 15.7. The van der Waals surface area contributed by atoms with Crippen molar-refractivity contribution in [1.29, 1.82) is 0 Å². The van der Waals surface area contributed by atoms with E-state index in [2.05, 4.69) is 5.32 Å². The number of aromatic hydroxyl groups is 1. The molecule has 3 fully saturated rings. The number of hydrogen-bond donors (Lipinski definition) is 5. The van der Waals surface area contributed by atoms with Gasteiger partial charge in [0, 0.05) is 106 Å². The maximum absolute atomic E-state index is 15.9. The van der Waals surface area contributed by atoms with Gasteiger partial charge in [-0.05, 0) is 44.9 Å². The average molecular weight is 1100 g/mol. The number of methoxy groups -OCH3 is 1. The highest BCUT2D eigenvalue weighted by Crippen LogP contribution is 2.49. The summed E-state index contributed by atoms with van der Waals surface area (Å²) in [5.74, 6) is -11.6. The van der Waals surface area contributed by atoms with Gasteiger partial charge < -0.3 is 68.7 Å². The summed E-state index contributed by atoms with van der Waals surface area (Å²) in [6, 6.07) is 2.57. The first-order valence-corrected chi connectivity index (χ1v) is 26.5. The number of nitrogens with zero attached hydrogens (tertiary/aromatic N) is 4. The Bertz CT molecular complexity index is 3220. The molecule has 21 nitrogen and oxygen atoms in total. The first-order chi connectivity index (χ1) is 37.5. The molecule has 6 heterocycles. The number of nitrogens with one attached hydrogen (secondary N) is 1. The number of fused-ring (bicyclic) bond motifs is 15. The molecule has 2 aliphatic carbocycles. The topological polar surface area (TPSA) is 273 Å². The number of morpholine rings is 1. The van der Waals surface area contributed by atoms with E-state index in [0.29, 0.717) is 5.52 Å². The SMILES string of the molecule is CO[C@H]1/C=C/O[C@@]2(C)Oc3c(C)c(O)c4c(c3C2=O)C(=O)C(N2CCOCC2)=C(NC(=O)/C(C)=C\C=C\[C@H](C)[C@H](O)[C@@H](C)[C@@H](O)[C@@H](C)[C@H](OC(=O)N2CCN(c3cc5c(cc3F)c(=O)c(C(=O)O)cn5C3CC3)CC2)[C@@H]1C)C4=O. The van der Waals surface area contributed by atoms with Crippen molar-refractivity contribution in [2.75, 3.05) is 64.5 Å². The fourth-order valence-electron chi connectivity index (χ4n) is 11.3. The number of Topliss-reactive ketones (excluding diaryl/α,β-unsaturated/α-hetero) is 3. The lowest BCUT2D eigenvalue weighted by Gasteiger charge is -2.40. The second-order valence-electron chi connectivity index (χ2n) is 21.5. The lowest BCUT2D eigenvalue weighted by atomic mass is 9.78. The van der Waals surface area contributed by atoms with Gasteiger partial charge in [0.25, 0.3) is 11.7 Å². The number of phenols is 1. The van der Waals surface area contributed by atoms with Crippen LogP contribution in [-0.4, -0.2) is 160 Å². The maximum atomic E-state index is 15.9. The summed E-state index contributed by atoms with van der Waals surface area (Å²) in [6.07, 6.45) is 4.70. The number of allylic oxidation sites excluding steroid dienone is 4. The van der Waals surface area contributed by atoms with Crippen LogP contribution in [0.3, 0.4) is 0 Å². The third-order valence-electron chi connectivity index (χ3n) is 16.3. The summed E-state index contributed by atoms with van der Waals surface area (Å²) in [7, 11) is 1.39. The van der Waals surface area contributed by atoms with E-state index < -0.39 is 129 Å². The maximum Gasteiger partial charge on any atom is 0.410 e. The summed E-state index contributed by atoms with van der Waals surface area (Å²) in [5, 5.41) is 47.7. The van der Waals surface area contributed by atoms with Crippen LogP contribution in [0, 0.1) is 36.4 Å². The van der Waals surface area contributed by atoms with E-state index in [0.717, 1.165) is 25.2 Å². The van der Waals surface area contributed by atoms with Gasteiger partial charge in [-0.15, -0.1) is 0 Å². The second kappa shape index (κ2) is 22.0. The number of pyridine rings is 1. The zero-order chi connectivity index (χ0) is 57.1. The van der Waals surface area contributed by atoms with Crippen molar-refractivity contribution in [1.82, 2.24) is 19.7 Å². The molecule has 3 aromatic rings. The lowest BCUT2D eigenvalue weighted by molar-refractivity contribution is -0.116. The van der Waals surface area contributed by atoms with Crippen LogP contribution < -0.4 is 20.4 Å². The van der Waals surface area contributed by atoms with E-state index in [1.165, 1.54) is 63.3 Å². The number of carboxylic acids is 1. The molecular formula is C57H66FN5O16. The van der Waals surface area contributed by atoms with E-state index in [1.807, 2.05) is 0 Å². The number of anilines is 1. The van der Waals surface area contributed by atoms with Crippen molar-refractivity contribution in [3.8, 4) is 11.5 Å². The molecule has 1 aromatic heterocycles. The number of benzene rings is 2. The molecule has 5 bridgehead atoms. The number of ketones is 3. The first-order valence-electron chi connectivity index (χ1n) is 26.5. The number of carbonyl (C=O) groups excluding carboxylic acids is 5. The summed E-state index contributed by atoms with van der Waals surface area (Å²) in [5.41, 5.74) is -2.43. The zero-order valence-corrected chi connectivity index (χ0v) is 45.2. The fourth-order valence-corrected chi connectivity index (χ4v) is 11.3. The highest BCUT2D eigenvalue weighted by atomic mass is 19.1. The van der Waals surface area contributed by atoms with E-state index in [9.17, 15) is 54.0 Å². The van der Waals surface area contributed by atoms with E-state index >= 15 is 4.39 Å². The predicted molar refractivity (Wildman–Crippen MR) is 282 cm³/mol. The number of rotatable bonds is 6. The monoisotopic (exact) mass is 1100 g/mol. The number of aliphatic hydroxyl groups is 2. The van der Waals surface area contributed by atoms with E-state index in [4.69, 9.17) is 23.7 Å². The van der Waals surface area contributed by atoms with E-state index in [-0.39, 0.29) is 97.7 Å². The largest absolute Gasteiger partial charge is 0.507 e. The van der Waals surface area contributed by atoms with Crippen molar-refractivity contribution in [3.05, 3.63) is 110 Å². The molecule has 422 valence electrons. The van der Waals surface area contributed by atoms with Gasteiger partial charge in [-0.1, -0.05) is 45.9 Å². The Hall–Kier alpha value is -7.40. The van der Waals surface area contributed by atoms with Gasteiger partial charge in [-0.3, -0.25) is 24.0 Å². The van der Waals surface area contributed by atoms with Crippen molar-refractivity contribution in [3.63, 3.8) is 0 Å². The van der Waals surface area contributed by atoms with Crippen LogP contribution in [0.15, 0.2) is 70.7 Å². The molecule has 0 unspecified atom stereocenters. The number of carboxylic acid groups (broad SMARTS) is 1. The Labute approximate surface area is 454 Å². The van der Waals surface area contributed by atoms with Crippen LogP contribution in [0.2, 0.25) is 0 Å². The third kappa shape index (κ3) is 10.3. The molecule has 22 heteroatoms. The summed E-state index contributed by atoms with van der Waals surface area (Å²) < 4.78 is 47.6. The highest BCUT2D eigenvalue weighted by molar-refractivity contribution is 6.32. The molecular weight excluding hydrogens is 1030 g/mol. The molecule has 2 saturated heterocycles. The Morgan fingerprint density at radius 3 is 2.18 bits per heavy atom. The average Bonchev–Trinajstić information content (AvgIpc) is 4.45. The summed E-state index contributed by atoms with van der Waals surface area (Å²) >= 11 is 0. The third-order valence-corrected chi connectivity index (χ3v) is 16.3. The first kappa shape index (κ1) is 56.3. The minimum atomic E-state index is -2.17. The smallest absolute Gasteiger partial charge is 0.410 e. The number of piperazine rings is 1. The standard InChI is InChI=1S/C57H66FN5O16/c1-27-10-9-11-28(2)54(71)59-43-44(61-19-22-76-23-20-61)50(69)40-41(49(43)68)47(66)32(6)52-42(40)53(70)57(7,79-52)77-21-14-39(75-8)29(3)51(31(5)46(65)30(4)45(27)64)78-56(74)62-17-15-60(16-18-62)38-25-37-34(24-36(38)58)48(67)35(55(72)73)26-63(37)33-12-13-33/h9-11,14,21,24-27,29-31,33,39,45-46,51,64-66H,12-13,15-20,22-23H2,1-8H3,(H,59,71)(H,72,73)/b10-9+,21-14+,28-11-/t27-,29+,30+,31+,39-,45-,46+,51+,57-/m0/s1. The summed E-state index contributed by atoms with van der Waals surface area (Å²) in [6.45, 7) is 12.0. The number of halogens is 1. The molecule has 2 amide bonds. The minimum Gasteiger partial charge on any atom is -0.507 e. The molecule has 1 saturated carbocycles. The van der Waals surface area contributed by atoms with Crippen LogP contribution >= 0.6 is 0 Å². The normalized spacial score (nSPS) is 29.7. The fraction of sp³-hybridized carbons (Fsp3) is 0.491. The van der Waals surface area contributed by atoms with Gasteiger partial charge in [0.15, 0.2) is 0 Å². The molecule has 79 heavy (non-hydrogen) atoms. The summed E-state index contributed by atoms with van der Waals surface area (Å²) in [4.78, 5) is 102. The van der Waals surface area contributed by atoms with Crippen LogP contribution in [-0.2, 0) is 23.7 Å². The molecule has 9 atom stereocenters. The molecule has 10 rings (SSSR count). The van der Waals surface area contributed by atoms with Gasteiger partial charge in [-0.25, -0.2) is 14.0 Å². The van der Waals surface area contributed by atoms with E-state index in [1.54, 1.807) is 48.1 Å². The second-order valence-corrected chi connectivity index (χ2v) is 21.5. The van der Waals surface area contributed by atoms with Crippen LogP contribution in [0.4, 0.5) is 14.9 Å². The molecule has 0 radical (unpaired) electrons.